The van der Waals surface area contributed by atoms with Crippen LogP contribution in [0.4, 0.5) is 0 Å². The molecule has 0 aromatic heterocycles. The minimum absolute atomic E-state index is 0.00549. The second-order valence-corrected chi connectivity index (χ2v) is 7.07. The highest BCUT2D eigenvalue weighted by Crippen LogP contribution is 2.43. The molecule has 0 atom stereocenters. The lowest BCUT2D eigenvalue weighted by Crippen LogP contribution is -2.00. The normalized spacial score (nSPS) is 11.0. The zero-order valence-electron chi connectivity index (χ0n) is 15.5. The van der Waals surface area contributed by atoms with Crippen LogP contribution in [-0.4, -0.2) is 25.5 Å². The van der Waals surface area contributed by atoms with Crippen molar-refractivity contribution in [2.24, 2.45) is 0 Å². The lowest BCUT2D eigenvalue weighted by atomic mass is 9.89. The van der Waals surface area contributed by atoms with E-state index in [0.29, 0.717) is 23.8 Å². The van der Waals surface area contributed by atoms with E-state index < -0.39 is 0 Å². The molecule has 0 aliphatic carbocycles. The molecule has 0 unspecified atom stereocenters. The van der Waals surface area contributed by atoms with Crippen LogP contribution in [0.1, 0.15) is 22.3 Å². The summed E-state index contributed by atoms with van der Waals surface area (Å²) in [6.45, 7) is 0. The van der Waals surface area contributed by atoms with E-state index in [1.165, 1.54) is 6.07 Å². The van der Waals surface area contributed by atoms with Crippen LogP contribution in [0.15, 0.2) is 66.7 Å². The fourth-order valence-corrected chi connectivity index (χ4v) is 3.60. The number of hydrogen-bond acceptors (Lipinski definition) is 5. The van der Waals surface area contributed by atoms with Crippen LogP contribution in [0.5, 0.6) is 28.7 Å². The first kappa shape index (κ1) is 18.5. The predicted molar refractivity (Wildman–Crippen MR) is 111 cm³/mol. The number of aromatic hydroxyl groups is 5. The van der Waals surface area contributed by atoms with Crippen molar-refractivity contribution in [1.29, 1.82) is 0 Å². The monoisotopic (exact) mass is 388 g/mol. The summed E-state index contributed by atoms with van der Waals surface area (Å²) in [6.07, 6.45) is 0.812. The zero-order valence-corrected chi connectivity index (χ0v) is 15.5. The molecule has 0 fully saturated rings. The van der Waals surface area contributed by atoms with E-state index in [0.717, 1.165) is 22.1 Å². The van der Waals surface area contributed by atoms with Gasteiger partial charge in [0.05, 0.1) is 0 Å². The maximum Gasteiger partial charge on any atom is 0.165 e. The third kappa shape index (κ3) is 3.62. The Labute approximate surface area is 167 Å². The lowest BCUT2D eigenvalue weighted by Gasteiger charge is -2.18. The summed E-state index contributed by atoms with van der Waals surface area (Å²) in [7, 11) is 0. The Hall–Kier alpha value is -3.86. The average molecular weight is 388 g/mol. The van der Waals surface area contributed by atoms with Gasteiger partial charge in [-0.1, -0.05) is 30.3 Å². The molecule has 4 rings (SSSR count). The molecule has 0 saturated heterocycles. The Kier molecular flexibility index (Phi) is 4.64. The molecule has 0 aliphatic heterocycles. The number of fused-ring (bicyclic) bond motifs is 1. The van der Waals surface area contributed by atoms with Gasteiger partial charge in [0.1, 0.15) is 17.2 Å². The van der Waals surface area contributed by atoms with Crippen LogP contribution in [-0.2, 0) is 12.8 Å². The van der Waals surface area contributed by atoms with Crippen LogP contribution < -0.4 is 0 Å². The van der Waals surface area contributed by atoms with Crippen LogP contribution in [0.3, 0.4) is 0 Å². The second-order valence-electron chi connectivity index (χ2n) is 7.07. The van der Waals surface area contributed by atoms with E-state index in [4.69, 9.17) is 0 Å². The highest BCUT2D eigenvalue weighted by molar-refractivity contribution is 5.95. The highest BCUT2D eigenvalue weighted by atomic mass is 16.3. The van der Waals surface area contributed by atoms with Crippen molar-refractivity contribution in [2.45, 2.75) is 12.8 Å². The summed E-state index contributed by atoms with van der Waals surface area (Å²) in [4.78, 5) is 0. The van der Waals surface area contributed by atoms with Gasteiger partial charge in [-0.25, -0.2) is 0 Å². The molecule has 0 aliphatic rings. The van der Waals surface area contributed by atoms with Gasteiger partial charge in [-0.05, 0) is 64.9 Å². The molecule has 4 aromatic rings. The first-order chi connectivity index (χ1) is 13.9. The number of hydrogen-bond donors (Lipinski definition) is 5. The lowest BCUT2D eigenvalue weighted by molar-refractivity contribution is 0.403. The topological polar surface area (TPSA) is 101 Å². The highest BCUT2D eigenvalue weighted by Gasteiger charge is 2.20. The van der Waals surface area contributed by atoms with Crippen LogP contribution in [0.25, 0.3) is 10.8 Å². The zero-order chi connectivity index (χ0) is 20.5. The Morgan fingerprint density at radius 2 is 0.931 bits per heavy atom. The van der Waals surface area contributed by atoms with Crippen LogP contribution in [0, 0.1) is 0 Å². The summed E-state index contributed by atoms with van der Waals surface area (Å²) in [5.74, 6) is -0.196. The van der Waals surface area contributed by atoms with Crippen molar-refractivity contribution in [3.8, 4) is 28.7 Å². The smallest absolute Gasteiger partial charge is 0.165 e. The van der Waals surface area contributed by atoms with E-state index in [9.17, 15) is 25.5 Å². The van der Waals surface area contributed by atoms with E-state index in [-0.39, 0.29) is 28.7 Å². The average Bonchev–Trinajstić information content (AvgIpc) is 2.71. The largest absolute Gasteiger partial charge is 0.508 e. The molecule has 0 amide bonds. The van der Waals surface area contributed by atoms with E-state index in [1.807, 2.05) is 0 Å². The Morgan fingerprint density at radius 3 is 1.48 bits per heavy atom. The molecule has 5 N–H and O–H groups in total. The molecule has 0 spiro atoms. The molecule has 0 bridgehead atoms. The first-order valence-corrected chi connectivity index (χ1v) is 9.16. The maximum atomic E-state index is 10.8. The van der Waals surface area contributed by atoms with Crippen molar-refractivity contribution in [3.05, 3.63) is 89.0 Å². The second kappa shape index (κ2) is 7.28. The number of benzene rings is 4. The Morgan fingerprint density at radius 1 is 0.448 bits per heavy atom. The van der Waals surface area contributed by atoms with Crippen LogP contribution in [0.2, 0.25) is 0 Å². The molecule has 0 saturated carbocycles. The van der Waals surface area contributed by atoms with E-state index >= 15 is 0 Å². The Bertz CT molecular complexity index is 1180. The molecular formula is C24H20O5. The summed E-state index contributed by atoms with van der Waals surface area (Å²) in [5, 5.41) is 51.4. The van der Waals surface area contributed by atoms with E-state index in [2.05, 4.69) is 0 Å². The number of rotatable bonds is 4. The summed E-state index contributed by atoms with van der Waals surface area (Å²) >= 11 is 0. The van der Waals surface area contributed by atoms with Gasteiger partial charge in [-0.3, -0.25) is 0 Å². The predicted octanol–water partition coefficient (Wildman–Crippen LogP) is 4.55. The summed E-state index contributed by atoms with van der Waals surface area (Å²) < 4.78 is 0. The van der Waals surface area contributed by atoms with Crippen molar-refractivity contribution >= 4 is 10.8 Å². The van der Waals surface area contributed by atoms with Gasteiger partial charge in [-0.15, -0.1) is 0 Å². The third-order valence-electron chi connectivity index (χ3n) is 5.09. The van der Waals surface area contributed by atoms with Crippen molar-refractivity contribution in [2.75, 3.05) is 0 Å². The van der Waals surface area contributed by atoms with Crippen molar-refractivity contribution in [1.82, 2.24) is 0 Å². The fourth-order valence-electron chi connectivity index (χ4n) is 3.60. The Balaban J connectivity index is 1.91. The molecular weight excluding hydrogens is 368 g/mol. The summed E-state index contributed by atoms with van der Waals surface area (Å²) in [6, 6.07) is 18.2. The van der Waals surface area contributed by atoms with Gasteiger partial charge in [0, 0.05) is 17.4 Å². The maximum absolute atomic E-state index is 10.8. The number of phenolic OH excluding ortho intramolecular Hbond substituents is 5. The molecule has 146 valence electrons. The quantitative estimate of drug-likeness (QED) is 0.330. The molecule has 0 radical (unpaired) electrons. The van der Waals surface area contributed by atoms with Crippen molar-refractivity contribution in [3.63, 3.8) is 0 Å². The van der Waals surface area contributed by atoms with Crippen molar-refractivity contribution < 1.29 is 25.5 Å². The summed E-state index contributed by atoms with van der Waals surface area (Å²) in [5.41, 5.74) is 3.17. The number of phenols is 5. The third-order valence-corrected chi connectivity index (χ3v) is 5.09. The van der Waals surface area contributed by atoms with Gasteiger partial charge in [-0.2, -0.15) is 0 Å². The molecule has 5 heteroatoms. The van der Waals surface area contributed by atoms with Gasteiger partial charge in [0.25, 0.3) is 0 Å². The van der Waals surface area contributed by atoms with Crippen LogP contribution >= 0.6 is 0 Å². The standard InChI is InChI=1S/C24H20O5/c25-16-5-1-14(2-6-16)11-20-19-10-9-18(27)13-22(19)24(29)23(28)21(20)12-15-3-7-17(26)8-4-15/h1-10,13,25-29H,11-12H2. The molecule has 0 heterocycles. The molecule has 5 nitrogen and oxygen atoms in total. The minimum atomic E-state index is -0.279. The van der Waals surface area contributed by atoms with E-state index in [1.54, 1.807) is 60.7 Å². The van der Waals surface area contributed by atoms with Gasteiger partial charge >= 0.3 is 0 Å². The fraction of sp³-hybridized carbons (Fsp3) is 0.0833. The van der Waals surface area contributed by atoms with Gasteiger partial charge < -0.3 is 25.5 Å². The molecule has 4 aromatic carbocycles. The van der Waals surface area contributed by atoms with Gasteiger partial charge in [0.15, 0.2) is 11.5 Å². The SMILES string of the molecule is Oc1ccc(Cc2c(O)c(O)c3cc(O)ccc3c2Cc2ccc(O)cc2)cc1. The molecule has 29 heavy (non-hydrogen) atoms. The van der Waals surface area contributed by atoms with Gasteiger partial charge in [0.2, 0.25) is 0 Å². The first-order valence-electron chi connectivity index (χ1n) is 9.16. The minimum Gasteiger partial charge on any atom is -0.508 e.